The molecule has 35 heavy (non-hydrogen) atoms. The molecular formula is C28H43N7. The molecule has 0 spiro atoms. The maximum atomic E-state index is 9.35. The van der Waals surface area contributed by atoms with Gasteiger partial charge in [-0.05, 0) is 62.4 Å². The number of nitriles is 1. The lowest BCUT2D eigenvalue weighted by atomic mass is 10.0. The van der Waals surface area contributed by atoms with Crippen LogP contribution in [0.1, 0.15) is 90.9 Å². The zero-order valence-electron chi connectivity index (χ0n) is 22.5. The van der Waals surface area contributed by atoms with Crippen molar-refractivity contribution in [3.8, 4) is 6.07 Å². The molecule has 0 saturated heterocycles. The zero-order chi connectivity index (χ0) is 25.8. The number of nitrogens with zero attached hydrogens (tertiary/aromatic N) is 6. The molecule has 1 saturated carbocycles. The van der Waals surface area contributed by atoms with Crippen LogP contribution in [0.25, 0.3) is 0 Å². The second-order valence-electron chi connectivity index (χ2n) is 8.49. The van der Waals surface area contributed by atoms with Gasteiger partial charge in [-0.2, -0.15) is 10.4 Å². The van der Waals surface area contributed by atoms with E-state index in [4.69, 9.17) is 4.99 Å². The summed E-state index contributed by atoms with van der Waals surface area (Å²) in [4.78, 5) is 11.8. The highest BCUT2D eigenvalue weighted by Gasteiger charge is 2.44. The number of hydrazone groups is 1. The Bertz CT molecular complexity index is 952. The molecule has 3 aliphatic rings. The Kier molecular flexibility index (Phi) is 11.5. The minimum Gasteiger partial charge on any atom is -0.389 e. The van der Waals surface area contributed by atoms with Gasteiger partial charge in [-0.25, -0.2) is 4.99 Å². The van der Waals surface area contributed by atoms with E-state index in [9.17, 15) is 5.26 Å². The van der Waals surface area contributed by atoms with Crippen LogP contribution in [0.2, 0.25) is 0 Å². The van der Waals surface area contributed by atoms with E-state index in [1.807, 2.05) is 33.8 Å². The zero-order valence-corrected chi connectivity index (χ0v) is 22.5. The molecule has 0 amide bonds. The number of nitrogens with one attached hydrogen (secondary N) is 1. The standard InChI is InChI=1S/C24H31N7.2C2H6/c1-4-6-11-30(17(3)15-26-5-2)24-23-20(19-7-8-19)13-22(31(23)29-16-28-24)21-12-18(14-25)9-10-27-21;2*1-2/h5,9-10,12,16-17,19,22,26H,2,4,6-8,11,13,15H2,1,3H3;2*1-2H3. The Morgan fingerprint density at radius 3 is 2.69 bits per heavy atom. The first-order valence-electron chi connectivity index (χ1n) is 13.3. The van der Waals surface area contributed by atoms with Crippen molar-refractivity contribution in [1.82, 2.24) is 20.2 Å². The summed E-state index contributed by atoms with van der Waals surface area (Å²) in [5.41, 5.74) is 4.12. The largest absolute Gasteiger partial charge is 0.389 e. The van der Waals surface area contributed by atoms with Crippen LogP contribution in [0.15, 0.2) is 52.5 Å². The Morgan fingerprint density at radius 1 is 1.31 bits per heavy atom. The summed E-state index contributed by atoms with van der Waals surface area (Å²) in [5, 5.41) is 19.4. The number of aliphatic imine (C=N–C) groups is 1. The molecule has 0 radical (unpaired) electrons. The van der Waals surface area contributed by atoms with Gasteiger partial charge in [0.25, 0.3) is 0 Å². The predicted molar refractivity (Wildman–Crippen MR) is 146 cm³/mol. The number of aromatic nitrogens is 1. The third kappa shape index (κ3) is 6.72. The van der Waals surface area contributed by atoms with Crippen LogP contribution >= 0.6 is 0 Å². The number of fused-ring (bicyclic) bond motifs is 1. The van der Waals surface area contributed by atoms with Crippen molar-refractivity contribution < 1.29 is 0 Å². The molecule has 2 aliphatic heterocycles. The van der Waals surface area contributed by atoms with Crippen molar-refractivity contribution in [3.63, 3.8) is 0 Å². The predicted octanol–water partition coefficient (Wildman–Crippen LogP) is 6.00. The van der Waals surface area contributed by atoms with E-state index in [-0.39, 0.29) is 12.1 Å². The van der Waals surface area contributed by atoms with Crippen molar-refractivity contribution in [2.75, 3.05) is 13.1 Å². The highest BCUT2D eigenvalue weighted by molar-refractivity contribution is 6.04. The lowest BCUT2D eigenvalue weighted by Gasteiger charge is -2.36. The third-order valence-electron chi connectivity index (χ3n) is 6.25. The topological polar surface area (TPSA) is 79.9 Å². The Morgan fingerprint density at radius 2 is 2.06 bits per heavy atom. The molecule has 0 bridgehead atoms. The summed E-state index contributed by atoms with van der Waals surface area (Å²) in [6.45, 7) is 18.0. The monoisotopic (exact) mass is 477 g/mol. The number of rotatable bonds is 9. The lowest BCUT2D eigenvalue weighted by Crippen LogP contribution is -2.47. The van der Waals surface area contributed by atoms with E-state index < -0.39 is 0 Å². The van der Waals surface area contributed by atoms with Crippen molar-refractivity contribution in [3.05, 3.63) is 53.6 Å². The van der Waals surface area contributed by atoms with Crippen molar-refractivity contribution in [2.24, 2.45) is 16.0 Å². The second-order valence-corrected chi connectivity index (χ2v) is 8.49. The SMILES string of the molecule is C=CNCC(C)N(CCCC)C1=NC=NN2C1=C(C1CC1)CC2c1cc(C#N)ccn1.CC.CC. The molecule has 2 unspecified atom stereocenters. The number of hydrogen-bond acceptors (Lipinski definition) is 7. The molecule has 1 N–H and O–H groups in total. The fourth-order valence-electron chi connectivity index (χ4n) is 4.44. The summed E-state index contributed by atoms with van der Waals surface area (Å²) in [7, 11) is 0. The average molecular weight is 478 g/mol. The summed E-state index contributed by atoms with van der Waals surface area (Å²) in [6.07, 6.45) is 10.7. The molecule has 1 aliphatic carbocycles. The second kappa shape index (κ2) is 14.3. The van der Waals surface area contributed by atoms with E-state index in [0.717, 1.165) is 49.6 Å². The van der Waals surface area contributed by atoms with E-state index in [1.165, 1.54) is 18.4 Å². The van der Waals surface area contributed by atoms with Gasteiger partial charge >= 0.3 is 0 Å². The molecule has 2 atom stereocenters. The van der Waals surface area contributed by atoms with Crippen LogP contribution in [-0.2, 0) is 0 Å². The van der Waals surface area contributed by atoms with Gasteiger partial charge in [0.1, 0.15) is 12.0 Å². The van der Waals surface area contributed by atoms with Gasteiger partial charge in [-0.3, -0.25) is 9.99 Å². The van der Waals surface area contributed by atoms with Crippen LogP contribution in [0.3, 0.4) is 0 Å². The smallest absolute Gasteiger partial charge is 0.156 e. The summed E-state index contributed by atoms with van der Waals surface area (Å²) < 4.78 is 0. The fraction of sp³-hybridized carbons (Fsp3) is 0.571. The molecule has 0 aromatic carbocycles. The van der Waals surface area contributed by atoms with Crippen LogP contribution < -0.4 is 5.32 Å². The number of hydrogen-bond donors (Lipinski definition) is 1. The lowest BCUT2D eigenvalue weighted by molar-refractivity contribution is 0.275. The maximum absolute atomic E-state index is 9.35. The van der Waals surface area contributed by atoms with Gasteiger partial charge in [-0.15, -0.1) is 0 Å². The van der Waals surface area contributed by atoms with Crippen LogP contribution in [-0.4, -0.2) is 46.2 Å². The molecule has 4 rings (SSSR count). The fourth-order valence-corrected chi connectivity index (χ4v) is 4.44. The van der Waals surface area contributed by atoms with Gasteiger partial charge < -0.3 is 10.2 Å². The van der Waals surface area contributed by atoms with Crippen molar-refractivity contribution >= 4 is 12.2 Å². The summed E-state index contributed by atoms with van der Waals surface area (Å²) in [5.74, 6) is 1.62. The number of amidine groups is 1. The molecule has 3 heterocycles. The van der Waals surface area contributed by atoms with Crippen LogP contribution in [0.4, 0.5) is 0 Å². The Labute approximate surface area is 212 Å². The molecule has 7 heteroatoms. The highest BCUT2D eigenvalue weighted by Crippen LogP contribution is 2.50. The van der Waals surface area contributed by atoms with Crippen LogP contribution in [0.5, 0.6) is 0 Å². The molecule has 1 fully saturated rings. The van der Waals surface area contributed by atoms with Gasteiger partial charge in [0.2, 0.25) is 0 Å². The van der Waals surface area contributed by atoms with Crippen molar-refractivity contribution in [1.29, 1.82) is 5.26 Å². The van der Waals surface area contributed by atoms with Gasteiger partial charge in [0.05, 0.1) is 23.4 Å². The average Bonchev–Trinajstić information content (AvgIpc) is 3.69. The van der Waals surface area contributed by atoms with E-state index in [1.54, 1.807) is 24.8 Å². The molecule has 190 valence electrons. The number of unbranched alkanes of at least 4 members (excludes halogenated alkanes) is 1. The highest BCUT2D eigenvalue weighted by atomic mass is 15.5. The summed E-state index contributed by atoms with van der Waals surface area (Å²) >= 11 is 0. The van der Waals surface area contributed by atoms with E-state index in [2.05, 4.69) is 51.8 Å². The first-order chi connectivity index (χ1) is 17.2. The summed E-state index contributed by atoms with van der Waals surface area (Å²) in [6, 6.07) is 6.16. The molecular weight excluding hydrogens is 434 g/mol. The Balaban J connectivity index is 0.00000103. The molecule has 1 aromatic rings. The third-order valence-corrected chi connectivity index (χ3v) is 6.25. The first kappa shape index (κ1) is 28.1. The molecule has 1 aromatic heterocycles. The first-order valence-corrected chi connectivity index (χ1v) is 13.3. The van der Waals surface area contributed by atoms with Gasteiger partial charge in [0, 0.05) is 25.3 Å². The maximum Gasteiger partial charge on any atom is 0.156 e. The Hall–Kier alpha value is -3.14. The van der Waals surface area contributed by atoms with E-state index >= 15 is 0 Å². The minimum atomic E-state index is 0.00952. The normalized spacial score (nSPS) is 18.7. The minimum absolute atomic E-state index is 0.00952. The van der Waals surface area contributed by atoms with Gasteiger partial charge in [0.15, 0.2) is 5.84 Å². The van der Waals surface area contributed by atoms with Crippen molar-refractivity contribution in [2.45, 2.75) is 85.7 Å². The quantitative estimate of drug-likeness (QED) is 0.472. The van der Waals surface area contributed by atoms with E-state index in [0.29, 0.717) is 11.5 Å². The van der Waals surface area contributed by atoms with Gasteiger partial charge in [-0.1, -0.05) is 47.6 Å². The number of pyridine rings is 1. The van der Waals surface area contributed by atoms with Crippen LogP contribution in [0, 0.1) is 17.2 Å². The molecule has 7 nitrogen and oxygen atoms in total.